The molecule has 0 saturated carbocycles. The molecule has 0 aliphatic carbocycles. The van der Waals surface area contributed by atoms with Crippen molar-refractivity contribution in [3.05, 3.63) is 94.2 Å². The molecule has 0 saturated heterocycles. The van der Waals surface area contributed by atoms with Crippen molar-refractivity contribution in [1.82, 2.24) is 4.57 Å². The fourth-order valence-corrected chi connectivity index (χ4v) is 5.19. The molecule has 2 heterocycles. The van der Waals surface area contributed by atoms with E-state index >= 15 is 0 Å². The summed E-state index contributed by atoms with van der Waals surface area (Å²) in [4.78, 5) is 42.8. The summed E-state index contributed by atoms with van der Waals surface area (Å²) in [5.74, 6) is -0.0777. The van der Waals surface area contributed by atoms with E-state index in [9.17, 15) is 19.7 Å². The summed E-state index contributed by atoms with van der Waals surface area (Å²) < 4.78 is 17.4. The molecule has 37 heavy (non-hydrogen) atoms. The molecule has 0 bridgehead atoms. The maximum atomic E-state index is 13.7. The van der Waals surface area contributed by atoms with E-state index < -0.39 is 22.5 Å². The summed E-state index contributed by atoms with van der Waals surface area (Å²) in [6, 6.07) is 9.44. The molecule has 1 aliphatic heterocycles. The topological polar surface area (TPSA) is 122 Å². The van der Waals surface area contributed by atoms with E-state index in [1.807, 2.05) is 31.2 Å². The van der Waals surface area contributed by atoms with Crippen LogP contribution in [-0.4, -0.2) is 36.3 Å². The first kappa shape index (κ1) is 25.8. The second-order valence-electron chi connectivity index (χ2n) is 8.24. The number of carbonyl (C=O) groups is 1. The lowest BCUT2D eigenvalue weighted by Crippen LogP contribution is -2.39. The van der Waals surface area contributed by atoms with Gasteiger partial charge in [-0.3, -0.25) is 19.5 Å². The van der Waals surface area contributed by atoms with Gasteiger partial charge < -0.3 is 14.2 Å². The molecule has 10 nitrogen and oxygen atoms in total. The Kier molecular flexibility index (Phi) is 7.25. The molecular formula is C26H25N3O7S. The quantitative estimate of drug-likeness (QED) is 0.265. The SMILES string of the molecule is CCOC(=O)C1=C(C)N=c2s/c(=C\c3cc(OC)c(OC)cc3[N+](=O)[O-])c(=O)n2[C@H]1c1ccc(C)cc1. The van der Waals surface area contributed by atoms with E-state index in [0.717, 1.165) is 16.9 Å². The molecule has 0 unspecified atom stereocenters. The van der Waals surface area contributed by atoms with Crippen LogP contribution in [0.2, 0.25) is 0 Å². The zero-order chi connectivity index (χ0) is 26.9. The Morgan fingerprint density at radius 1 is 1.16 bits per heavy atom. The van der Waals surface area contributed by atoms with Gasteiger partial charge in [0.05, 0.1) is 59.2 Å². The van der Waals surface area contributed by atoms with Gasteiger partial charge in [-0.1, -0.05) is 41.2 Å². The number of aromatic nitrogens is 1. The summed E-state index contributed by atoms with van der Waals surface area (Å²) >= 11 is 1.08. The number of aryl methyl sites for hydroxylation is 1. The number of rotatable bonds is 7. The summed E-state index contributed by atoms with van der Waals surface area (Å²) in [5.41, 5.74) is 1.93. The van der Waals surface area contributed by atoms with E-state index in [0.29, 0.717) is 16.1 Å². The van der Waals surface area contributed by atoms with Crippen molar-refractivity contribution in [3.8, 4) is 11.5 Å². The van der Waals surface area contributed by atoms with E-state index in [1.165, 1.54) is 37.0 Å². The first-order valence-corrected chi connectivity index (χ1v) is 12.2. The van der Waals surface area contributed by atoms with Crippen molar-refractivity contribution >= 4 is 29.1 Å². The molecular weight excluding hydrogens is 498 g/mol. The van der Waals surface area contributed by atoms with E-state index in [4.69, 9.17) is 14.2 Å². The molecule has 0 amide bonds. The number of methoxy groups -OCH3 is 2. The fourth-order valence-electron chi connectivity index (χ4n) is 4.15. The van der Waals surface area contributed by atoms with Crippen LogP contribution in [0, 0.1) is 17.0 Å². The van der Waals surface area contributed by atoms with Crippen molar-refractivity contribution in [1.29, 1.82) is 0 Å². The Morgan fingerprint density at radius 3 is 2.41 bits per heavy atom. The Hall–Kier alpha value is -4.25. The Bertz CT molecular complexity index is 1600. The van der Waals surface area contributed by atoms with E-state index in [1.54, 1.807) is 13.8 Å². The average molecular weight is 524 g/mol. The molecule has 0 fully saturated rings. The molecule has 3 aromatic rings. The molecule has 11 heteroatoms. The standard InChI is InChI=1S/C26H25N3O7S/c1-6-36-25(31)22-15(3)27-26-28(23(22)16-9-7-14(2)8-10-16)24(30)21(37-26)12-17-11-19(34-4)20(35-5)13-18(17)29(32)33/h7-13,23H,6H2,1-5H3/b21-12-/t23-/m0/s1. The summed E-state index contributed by atoms with van der Waals surface area (Å²) in [6.45, 7) is 5.52. The molecule has 0 spiro atoms. The lowest BCUT2D eigenvalue weighted by atomic mass is 9.95. The predicted molar refractivity (Wildman–Crippen MR) is 138 cm³/mol. The van der Waals surface area contributed by atoms with E-state index in [-0.39, 0.29) is 39.5 Å². The van der Waals surface area contributed by atoms with Gasteiger partial charge >= 0.3 is 5.97 Å². The molecule has 2 aromatic carbocycles. The van der Waals surface area contributed by atoms with Crippen LogP contribution >= 0.6 is 11.3 Å². The third kappa shape index (κ3) is 4.77. The van der Waals surface area contributed by atoms with Crippen LogP contribution in [0.25, 0.3) is 6.08 Å². The van der Waals surface area contributed by atoms with Gasteiger partial charge in [-0.05, 0) is 38.5 Å². The lowest BCUT2D eigenvalue weighted by molar-refractivity contribution is -0.385. The highest BCUT2D eigenvalue weighted by Crippen LogP contribution is 2.35. The predicted octanol–water partition coefficient (Wildman–Crippen LogP) is 3.03. The number of ether oxygens (including phenoxy) is 3. The van der Waals surface area contributed by atoms with Crippen molar-refractivity contribution < 1.29 is 23.9 Å². The highest BCUT2D eigenvalue weighted by atomic mass is 32.1. The van der Waals surface area contributed by atoms with Crippen LogP contribution in [0.4, 0.5) is 5.69 Å². The second kappa shape index (κ2) is 10.4. The summed E-state index contributed by atoms with van der Waals surface area (Å²) in [7, 11) is 2.80. The van der Waals surface area contributed by atoms with Gasteiger partial charge in [0, 0.05) is 0 Å². The van der Waals surface area contributed by atoms with Gasteiger partial charge in [-0.25, -0.2) is 9.79 Å². The minimum Gasteiger partial charge on any atom is -0.493 e. The number of thiazole rings is 1. The molecule has 0 radical (unpaired) electrons. The van der Waals surface area contributed by atoms with Crippen LogP contribution in [0.3, 0.4) is 0 Å². The first-order valence-electron chi connectivity index (χ1n) is 11.4. The maximum Gasteiger partial charge on any atom is 0.338 e. The van der Waals surface area contributed by atoms with Crippen molar-refractivity contribution in [2.45, 2.75) is 26.8 Å². The van der Waals surface area contributed by atoms with E-state index in [2.05, 4.69) is 4.99 Å². The zero-order valence-corrected chi connectivity index (χ0v) is 21.8. The summed E-state index contributed by atoms with van der Waals surface area (Å²) in [6.07, 6.45) is 1.43. The van der Waals surface area contributed by atoms with Crippen LogP contribution < -0.4 is 24.4 Å². The smallest absolute Gasteiger partial charge is 0.338 e. The minimum absolute atomic E-state index is 0.168. The molecule has 1 atom stereocenters. The molecule has 1 aromatic heterocycles. The minimum atomic E-state index is -0.765. The van der Waals surface area contributed by atoms with Gasteiger partial charge in [0.25, 0.3) is 11.2 Å². The molecule has 0 N–H and O–H groups in total. The van der Waals surface area contributed by atoms with Crippen LogP contribution in [0.5, 0.6) is 11.5 Å². The number of benzene rings is 2. The van der Waals surface area contributed by atoms with Crippen LogP contribution in [0.15, 0.2) is 57.5 Å². The van der Waals surface area contributed by atoms with Crippen LogP contribution in [-0.2, 0) is 9.53 Å². The number of hydrogen-bond acceptors (Lipinski definition) is 9. The van der Waals surface area contributed by atoms with Crippen molar-refractivity contribution in [3.63, 3.8) is 0 Å². The van der Waals surface area contributed by atoms with Gasteiger partial charge in [0.1, 0.15) is 0 Å². The number of carbonyl (C=O) groups excluding carboxylic acids is 1. The molecule has 4 rings (SSSR count). The number of esters is 1. The highest BCUT2D eigenvalue weighted by Gasteiger charge is 2.33. The Morgan fingerprint density at radius 2 is 1.81 bits per heavy atom. The number of nitro groups is 1. The van der Waals surface area contributed by atoms with Gasteiger partial charge in [0.15, 0.2) is 16.3 Å². The fraction of sp³-hybridized carbons (Fsp3) is 0.269. The number of fused-ring (bicyclic) bond motifs is 1. The highest BCUT2D eigenvalue weighted by molar-refractivity contribution is 7.07. The molecule has 1 aliphatic rings. The third-order valence-electron chi connectivity index (χ3n) is 5.93. The number of nitrogens with zero attached hydrogens (tertiary/aromatic N) is 3. The first-order chi connectivity index (χ1) is 17.7. The summed E-state index contributed by atoms with van der Waals surface area (Å²) in [5, 5.41) is 11.8. The van der Waals surface area contributed by atoms with Gasteiger partial charge in [0.2, 0.25) is 0 Å². The largest absolute Gasteiger partial charge is 0.493 e. The Balaban J connectivity index is 1.99. The number of nitro benzene ring substituents is 1. The third-order valence-corrected chi connectivity index (χ3v) is 6.91. The normalized spacial score (nSPS) is 15.2. The monoisotopic (exact) mass is 523 g/mol. The average Bonchev–Trinajstić information content (AvgIpc) is 3.17. The lowest BCUT2D eigenvalue weighted by Gasteiger charge is -2.24. The number of allylic oxidation sites excluding steroid dienone is 1. The number of hydrogen-bond donors (Lipinski definition) is 0. The van der Waals surface area contributed by atoms with Crippen LogP contribution in [0.1, 0.15) is 36.6 Å². The van der Waals surface area contributed by atoms with Gasteiger partial charge in [-0.2, -0.15) is 0 Å². The van der Waals surface area contributed by atoms with Gasteiger partial charge in [-0.15, -0.1) is 0 Å². The zero-order valence-electron chi connectivity index (χ0n) is 20.9. The van der Waals surface area contributed by atoms with Crippen molar-refractivity contribution in [2.75, 3.05) is 20.8 Å². The Labute approximate surface area is 215 Å². The second-order valence-corrected chi connectivity index (χ2v) is 9.25. The molecule has 192 valence electrons. The maximum absolute atomic E-state index is 13.7. The van der Waals surface area contributed by atoms with Crippen molar-refractivity contribution in [2.24, 2.45) is 4.99 Å².